The third-order valence-electron chi connectivity index (χ3n) is 3.05. The van der Waals surface area contributed by atoms with Crippen LogP contribution in [0.2, 0.25) is 5.15 Å². The highest BCUT2D eigenvalue weighted by Crippen LogP contribution is 2.28. The highest BCUT2D eigenvalue weighted by atomic mass is 35.5. The zero-order chi connectivity index (χ0) is 12.7. The van der Waals surface area contributed by atoms with Gasteiger partial charge in [-0.15, -0.1) is 0 Å². The number of hydrogen-bond acceptors (Lipinski definition) is 6. The van der Waals surface area contributed by atoms with Crippen LogP contribution >= 0.6 is 11.6 Å². The third kappa shape index (κ3) is 1.80. The van der Waals surface area contributed by atoms with E-state index in [1.807, 2.05) is 4.57 Å². The molecule has 96 valence electrons. The first-order valence-electron chi connectivity index (χ1n) is 5.57. The van der Waals surface area contributed by atoms with Crippen molar-refractivity contribution in [1.82, 2.24) is 19.5 Å². The Morgan fingerprint density at radius 3 is 3.11 bits per heavy atom. The molecule has 1 fully saturated rings. The lowest BCUT2D eigenvalue weighted by molar-refractivity contribution is 0.0576. The zero-order valence-corrected chi connectivity index (χ0v) is 10.2. The Morgan fingerprint density at radius 1 is 1.56 bits per heavy atom. The van der Waals surface area contributed by atoms with Crippen molar-refractivity contribution in [3.8, 4) is 0 Å². The fraction of sp³-hybridized carbons (Fsp3) is 0.500. The molecule has 18 heavy (non-hydrogen) atoms. The highest BCUT2D eigenvalue weighted by molar-refractivity contribution is 6.33. The minimum atomic E-state index is -0.137. The standard InChI is InChI=1S/C10H12ClN5O2/c11-8-7-9(15-10(12)14-8)16(4-13-7)5-1-6(2-17)18-3-5/h4-6,17H,1-3H2,(H2,12,14,15)/t5-,6+/m0/s1. The first-order chi connectivity index (χ1) is 8.69. The van der Waals surface area contributed by atoms with E-state index in [-0.39, 0.29) is 29.9 Å². The number of aliphatic hydroxyl groups excluding tert-OH is 1. The number of ether oxygens (including phenoxy) is 1. The number of rotatable bonds is 2. The molecule has 3 rings (SSSR count). The number of aliphatic hydroxyl groups is 1. The second-order valence-electron chi connectivity index (χ2n) is 4.22. The third-order valence-corrected chi connectivity index (χ3v) is 3.32. The molecule has 8 heteroatoms. The largest absolute Gasteiger partial charge is 0.394 e. The summed E-state index contributed by atoms with van der Waals surface area (Å²) in [5.41, 5.74) is 6.71. The van der Waals surface area contributed by atoms with Gasteiger partial charge >= 0.3 is 0 Å². The summed E-state index contributed by atoms with van der Waals surface area (Å²) in [7, 11) is 0. The summed E-state index contributed by atoms with van der Waals surface area (Å²) in [4.78, 5) is 12.2. The van der Waals surface area contributed by atoms with E-state index >= 15 is 0 Å². The molecular weight excluding hydrogens is 258 g/mol. The van der Waals surface area contributed by atoms with Crippen molar-refractivity contribution in [1.29, 1.82) is 0 Å². The summed E-state index contributed by atoms with van der Waals surface area (Å²) < 4.78 is 7.31. The number of nitrogens with two attached hydrogens (primary N) is 1. The van der Waals surface area contributed by atoms with Crippen LogP contribution in [0.15, 0.2) is 6.33 Å². The van der Waals surface area contributed by atoms with Crippen LogP contribution in [0.25, 0.3) is 11.2 Å². The maximum absolute atomic E-state index is 9.07. The molecule has 0 unspecified atom stereocenters. The summed E-state index contributed by atoms with van der Waals surface area (Å²) in [6.45, 7) is 0.527. The zero-order valence-electron chi connectivity index (χ0n) is 9.45. The number of fused-ring (bicyclic) bond motifs is 1. The lowest BCUT2D eigenvalue weighted by Crippen LogP contribution is -2.11. The van der Waals surface area contributed by atoms with Crippen LogP contribution < -0.4 is 5.73 Å². The molecule has 2 aromatic rings. The van der Waals surface area contributed by atoms with E-state index in [1.54, 1.807) is 6.33 Å². The number of imidazole rings is 1. The van der Waals surface area contributed by atoms with Gasteiger partial charge in [0.1, 0.15) is 5.52 Å². The molecule has 2 atom stereocenters. The minimum Gasteiger partial charge on any atom is -0.394 e. The number of halogens is 1. The molecule has 7 nitrogen and oxygen atoms in total. The molecule has 1 aliphatic rings. The number of nitrogens with zero attached hydrogens (tertiary/aromatic N) is 4. The predicted octanol–water partition coefficient (Wildman–Crippen LogP) is 0.384. The molecule has 0 aromatic carbocycles. The smallest absolute Gasteiger partial charge is 0.223 e. The van der Waals surface area contributed by atoms with Gasteiger partial charge in [0.05, 0.1) is 31.7 Å². The second-order valence-corrected chi connectivity index (χ2v) is 4.58. The summed E-state index contributed by atoms with van der Waals surface area (Å²) in [5.74, 6) is 0.117. The molecule has 3 heterocycles. The van der Waals surface area contributed by atoms with Gasteiger partial charge < -0.3 is 20.1 Å². The first-order valence-corrected chi connectivity index (χ1v) is 5.95. The Labute approximate surface area is 108 Å². The Hall–Kier alpha value is -1.44. The van der Waals surface area contributed by atoms with Gasteiger partial charge in [0.2, 0.25) is 5.95 Å². The fourth-order valence-corrected chi connectivity index (χ4v) is 2.39. The van der Waals surface area contributed by atoms with Crippen molar-refractivity contribution in [3.05, 3.63) is 11.5 Å². The van der Waals surface area contributed by atoms with Crippen LogP contribution in [0.5, 0.6) is 0 Å². The number of nitrogen functional groups attached to an aromatic ring is 1. The molecular formula is C10H12ClN5O2. The van der Waals surface area contributed by atoms with Crippen LogP contribution in [-0.2, 0) is 4.74 Å². The number of hydrogen-bond donors (Lipinski definition) is 2. The van der Waals surface area contributed by atoms with Gasteiger partial charge in [-0.3, -0.25) is 0 Å². The van der Waals surface area contributed by atoms with Crippen molar-refractivity contribution < 1.29 is 9.84 Å². The van der Waals surface area contributed by atoms with Gasteiger partial charge in [-0.2, -0.15) is 9.97 Å². The average molecular weight is 270 g/mol. The molecule has 0 amide bonds. The van der Waals surface area contributed by atoms with E-state index in [9.17, 15) is 0 Å². The van der Waals surface area contributed by atoms with Crippen molar-refractivity contribution in [2.24, 2.45) is 0 Å². The van der Waals surface area contributed by atoms with Crippen LogP contribution in [0.1, 0.15) is 12.5 Å². The molecule has 0 radical (unpaired) electrons. The topological polar surface area (TPSA) is 99.1 Å². The molecule has 3 N–H and O–H groups in total. The number of anilines is 1. The summed E-state index contributed by atoms with van der Waals surface area (Å²) in [6, 6.07) is 0.0810. The normalized spacial score (nSPS) is 23.9. The lowest BCUT2D eigenvalue weighted by atomic mass is 10.2. The molecule has 1 aliphatic heterocycles. The van der Waals surface area contributed by atoms with E-state index in [2.05, 4.69) is 15.0 Å². The SMILES string of the molecule is Nc1nc(Cl)c2ncn([C@@H]3CO[C@@H](CO)C3)c2n1. The van der Waals surface area contributed by atoms with Gasteiger partial charge in [0.25, 0.3) is 0 Å². The molecule has 2 aromatic heterocycles. The second kappa shape index (κ2) is 4.34. The molecule has 0 saturated carbocycles. The number of aromatic nitrogens is 4. The predicted molar refractivity (Wildman–Crippen MR) is 65.2 cm³/mol. The van der Waals surface area contributed by atoms with Gasteiger partial charge in [-0.05, 0) is 6.42 Å². The molecule has 0 bridgehead atoms. The minimum absolute atomic E-state index is 0.0149. The van der Waals surface area contributed by atoms with Gasteiger partial charge in [-0.25, -0.2) is 4.98 Å². The quantitative estimate of drug-likeness (QED) is 0.765. The Morgan fingerprint density at radius 2 is 2.39 bits per heavy atom. The average Bonchev–Trinajstić information content (AvgIpc) is 2.93. The van der Waals surface area contributed by atoms with Gasteiger partial charge in [0, 0.05) is 0 Å². The molecule has 0 spiro atoms. The summed E-state index contributed by atoms with van der Waals surface area (Å²) in [5, 5.41) is 9.31. The van der Waals surface area contributed by atoms with Crippen LogP contribution in [0.4, 0.5) is 5.95 Å². The first kappa shape index (κ1) is 11.6. The monoisotopic (exact) mass is 269 g/mol. The van der Waals surface area contributed by atoms with Crippen molar-refractivity contribution >= 4 is 28.7 Å². The fourth-order valence-electron chi connectivity index (χ4n) is 2.17. The lowest BCUT2D eigenvalue weighted by Gasteiger charge is -2.10. The van der Waals surface area contributed by atoms with E-state index in [0.29, 0.717) is 24.2 Å². The van der Waals surface area contributed by atoms with E-state index in [4.69, 9.17) is 27.2 Å². The van der Waals surface area contributed by atoms with Gasteiger partial charge in [0.15, 0.2) is 10.8 Å². The van der Waals surface area contributed by atoms with E-state index < -0.39 is 0 Å². The van der Waals surface area contributed by atoms with Crippen LogP contribution in [0.3, 0.4) is 0 Å². The highest BCUT2D eigenvalue weighted by Gasteiger charge is 2.28. The van der Waals surface area contributed by atoms with Gasteiger partial charge in [-0.1, -0.05) is 11.6 Å². The van der Waals surface area contributed by atoms with E-state index in [0.717, 1.165) is 0 Å². The van der Waals surface area contributed by atoms with Crippen LogP contribution in [-0.4, -0.2) is 43.9 Å². The molecule has 0 aliphatic carbocycles. The van der Waals surface area contributed by atoms with E-state index in [1.165, 1.54) is 0 Å². The Balaban J connectivity index is 2.03. The maximum atomic E-state index is 9.07. The molecule has 1 saturated heterocycles. The Bertz CT molecular complexity index is 587. The van der Waals surface area contributed by atoms with Crippen molar-refractivity contribution in [3.63, 3.8) is 0 Å². The van der Waals surface area contributed by atoms with Crippen molar-refractivity contribution in [2.45, 2.75) is 18.6 Å². The summed E-state index contributed by atoms with van der Waals surface area (Å²) in [6.07, 6.45) is 2.23. The summed E-state index contributed by atoms with van der Waals surface area (Å²) >= 11 is 5.96. The Kier molecular flexibility index (Phi) is 2.81. The van der Waals surface area contributed by atoms with Crippen LogP contribution in [0, 0.1) is 0 Å². The van der Waals surface area contributed by atoms with Crippen molar-refractivity contribution in [2.75, 3.05) is 18.9 Å². The maximum Gasteiger partial charge on any atom is 0.223 e.